The van der Waals surface area contributed by atoms with E-state index in [-0.39, 0.29) is 30.7 Å². The number of hydrogen-bond donors (Lipinski definition) is 0. The Bertz CT molecular complexity index is 3200. The number of rotatable bonds is 0. The Hall–Kier alpha value is -5.37. The van der Waals surface area contributed by atoms with Crippen molar-refractivity contribution in [1.82, 2.24) is 0 Å². The summed E-state index contributed by atoms with van der Waals surface area (Å²) in [6.45, 7) is 57.4. The van der Waals surface area contributed by atoms with Crippen LogP contribution >= 0.6 is 0 Å². The first-order valence-corrected chi connectivity index (χ1v) is 43.0. The molecule has 4 aliphatic heterocycles. The predicted octanol–water partition coefficient (Wildman–Crippen LogP) is 31.0. The zero-order valence-electron chi connectivity index (χ0n) is 75.7. The minimum atomic E-state index is -0.736. The zero-order valence-corrected chi connectivity index (χ0v) is 75.7. The number of hydrogen-bond acceptors (Lipinski definition) is 5. The van der Waals surface area contributed by atoms with E-state index in [0.29, 0.717) is 64.4 Å². The second kappa shape index (κ2) is 55.3. The molecule has 0 amide bonds. The van der Waals surface area contributed by atoms with Gasteiger partial charge in [0.1, 0.15) is 23.3 Å². The van der Waals surface area contributed by atoms with Gasteiger partial charge in [0.25, 0.3) is 0 Å². The molecule has 6 aliphatic carbocycles. The fourth-order valence-electron chi connectivity index (χ4n) is 13.3. The summed E-state index contributed by atoms with van der Waals surface area (Å²) >= 11 is 0. The van der Waals surface area contributed by atoms with Gasteiger partial charge in [-0.1, -0.05) is 183 Å². The normalized spacial score (nSPS) is 26.5. The highest BCUT2D eigenvalue weighted by atomic mass is 19.2. The second-order valence-corrected chi connectivity index (χ2v) is 36.2. The van der Waals surface area contributed by atoms with Crippen LogP contribution in [0, 0.1) is 156 Å². The van der Waals surface area contributed by atoms with Crippen molar-refractivity contribution in [3.8, 4) is 0 Å². The lowest BCUT2D eigenvalue weighted by atomic mass is 9.55. The second-order valence-electron chi connectivity index (χ2n) is 36.2. The Balaban J connectivity index is 0.000000618. The van der Waals surface area contributed by atoms with E-state index in [2.05, 4.69) is 147 Å². The molecular formula is C101H159F7O5. The van der Waals surface area contributed by atoms with Crippen molar-refractivity contribution in [3.05, 3.63) is 210 Å². The van der Waals surface area contributed by atoms with Crippen LogP contribution in [0.1, 0.15) is 303 Å². The zero-order chi connectivity index (χ0) is 85.1. The smallest absolute Gasteiger partial charge is 0.161 e. The average molecular weight is 1590 g/mol. The third kappa shape index (κ3) is 47.0. The molecule has 2 bridgehead atoms. The topological polar surface area (TPSA) is 46.2 Å². The van der Waals surface area contributed by atoms with E-state index < -0.39 is 23.3 Å². The molecule has 113 heavy (non-hydrogen) atoms. The van der Waals surface area contributed by atoms with Gasteiger partial charge in [-0.2, -0.15) is 0 Å². The molecule has 0 aromatic heterocycles. The number of aryl methyl sites for hydroxylation is 9. The van der Waals surface area contributed by atoms with Crippen LogP contribution in [0.5, 0.6) is 0 Å². The predicted molar refractivity (Wildman–Crippen MR) is 468 cm³/mol. The van der Waals surface area contributed by atoms with E-state index in [1.54, 1.807) is 50.6 Å². The van der Waals surface area contributed by atoms with Crippen molar-refractivity contribution in [1.29, 1.82) is 0 Å². The Morgan fingerprint density at radius 1 is 0.319 bits per heavy atom. The highest BCUT2D eigenvalue weighted by molar-refractivity contribution is 5.26. The Morgan fingerprint density at radius 3 is 0.965 bits per heavy atom. The SMILES string of the molecule is CC12CCC(C)(CC1)CC2.CC1=C(F)CC(C)CC1.CC1=CCC(C)CC1.CC1=CCC(C)OC1.CC1CCC(C)CC1.CC1CCC(C)OC1.CC1CCC(C)OC1.CC1COC(C)OC1.Cc1cc(F)c(C)c(F)c1.Cc1ccc(C)c(F)c1.Cc1ccc(C)c(F)c1.Cc1ccc(C)c(F)c1F.Cc1ccc(C)cc1.[HH]. The van der Waals surface area contributed by atoms with Crippen LogP contribution in [-0.4, -0.2) is 57.6 Å². The maximum Gasteiger partial charge on any atom is 0.161 e. The molecular weight excluding hydrogens is 1430 g/mol. The highest BCUT2D eigenvalue weighted by Gasteiger charge is 2.43. The quantitative estimate of drug-likeness (QED) is 0.114. The lowest BCUT2D eigenvalue weighted by Gasteiger charge is -2.50. The maximum atomic E-state index is 12.7. The summed E-state index contributed by atoms with van der Waals surface area (Å²) in [7, 11) is 0. The lowest BCUT2D eigenvalue weighted by Crippen LogP contribution is -2.37. The molecule has 0 radical (unpaired) electrons. The molecule has 0 spiro atoms. The summed E-state index contributed by atoms with van der Waals surface area (Å²) in [6, 6.07) is 24.7. The average Bonchev–Trinajstić information content (AvgIpc) is 0.784. The molecule has 7 fully saturated rings. The van der Waals surface area contributed by atoms with Gasteiger partial charge < -0.3 is 23.7 Å². The first kappa shape index (κ1) is 104. The molecule has 15 rings (SSSR count). The van der Waals surface area contributed by atoms with Gasteiger partial charge in [0.15, 0.2) is 17.9 Å². The lowest BCUT2D eigenvalue weighted by molar-refractivity contribution is -0.187. The number of fused-ring (bicyclic) bond motifs is 3. The minimum absolute atomic E-state index is 0. The molecule has 642 valence electrons. The van der Waals surface area contributed by atoms with E-state index in [0.717, 1.165) is 103 Å². The molecule has 7 unspecified atom stereocenters. The number of halogens is 7. The maximum absolute atomic E-state index is 12.7. The van der Waals surface area contributed by atoms with E-state index in [1.807, 2.05) is 39.8 Å². The first-order valence-electron chi connectivity index (χ1n) is 43.0. The van der Waals surface area contributed by atoms with E-state index in [4.69, 9.17) is 23.7 Å². The van der Waals surface area contributed by atoms with Crippen molar-refractivity contribution < 1.29 is 55.8 Å². The van der Waals surface area contributed by atoms with Crippen LogP contribution in [0.2, 0.25) is 0 Å². The van der Waals surface area contributed by atoms with Crippen LogP contribution < -0.4 is 0 Å². The van der Waals surface area contributed by atoms with E-state index >= 15 is 0 Å². The van der Waals surface area contributed by atoms with Crippen LogP contribution in [0.3, 0.4) is 0 Å². The minimum Gasteiger partial charge on any atom is -0.378 e. The molecule has 3 saturated heterocycles. The Kier molecular flexibility index (Phi) is 50.8. The van der Waals surface area contributed by atoms with Gasteiger partial charge in [-0.05, 0) is 336 Å². The van der Waals surface area contributed by atoms with E-state index in [1.165, 1.54) is 177 Å². The molecule has 4 saturated carbocycles. The first-order chi connectivity index (χ1) is 53.0. The monoisotopic (exact) mass is 1590 g/mol. The fourth-order valence-corrected chi connectivity index (χ4v) is 13.3. The summed E-state index contributed by atoms with van der Waals surface area (Å²) in [5, 5.41) is 0. The standard InChI is InChI=1S/C10H18.2C8H8F2.C8H13F.2C8H9F.C8H16.C8H14.C8H10.2C7H14O.C7H12O.C6H12O2.H2/c1-9-3-6-10(2,7-4-9)8-5-9;1-5-3-7(9)6(2)8(10)4-5;1-5-3-4-6(2)8(10)7(5)9;3*1-6-3-4-7(2)8(9)5-6;3*1-7-3-5-8(2)6-4-7;3*1-6-3-4-7(2)8-5-6;1-5-3-7-6(2)8-4-5;/h3-8H2,1-2H3;2*3-4H,1-2H3;6H,3-5H2,1-2H3;2*3-5H,1-2H3;7-8H,3-6H2,1-2H3;3,8H,4-6H2,1-2H3;3-6H,1-2H3;2*6-7H,3-5H2,1-2H3;3,7H,4-5H2,1-2H3;5-6H,3-4H2,1-2H3;1H. The number of benzene rings is 5. The summed E-state index contributed by atoms with van der Waals surface area (Å²) in [4.78, 5) is 0. The summed E-state index contributed by atoms with van der Waals surface area (Å²) < 4.78 is 115. The van der Waals surface area contributed by atoms with Crippen molar-refractivity contribution in [2.45, 2.75) is 339 Å². The molecule has 5 aromatic rings. The van der Waals surface area contributed by atoms with Gasteiger partial charge in [-0.25, -0.2) is 30.7 Å². The molecule has 4 heterocycles. The van der Waals surface area contributed by atoms with Crippen LogP contribution in [0.15, 0.2) is 120 Å². The van der Waals surface area contributed by atoms with Crippen LogP contribution in [0.25, 0.3) is 0 Å². The van der Waals surface area contributed by atoms with Gasteiger partial charge in [0, 0.05) is 32.5 Å². The summed E-state index contributed by atoms with van der Waals surface area (Å²) in [5.41, 5.74) is 12.9. The molecule has 0 N–H and O–H groups in total. The summed E-state index contributed by atoms with van der Waals surface area (Å²) in [5.74, 6) is 3.20. The van der Waals surface area contributed by atoms with Crippen LogP contribution in [-0.2, 0) is 23.7 Å². The van der Waals surface area contributed by atoms with Gasteiger partial charge in [0.2, 0.25) is 0 Å². The summed E-state index contributed by atoms with van der Waals surface area (Å²) in [6.07, 6.45) is 34.2. The van der Waals surface area contributed by atoms with Gasteiger partial charge in [0.05, 0.1) is 44.0 Å². The van der Waals surface area contributed by atoms with E-state index in [9.17, 15) is 30.7 Å². The molecule has 12 heteroatoms. The van der Waals surface area contributed by atoms with Crippen LogP contribution in [0.4, 0.5) is 30.7 Å². The molecule has 5 aromatic carbocycles. The van der Waals surface area contributed by atoms with Gasteiger partial charge in [-0.15, -0.1) is 0 Å². The third-order valence-electron chi connectivity index (χ3n) is 23.1. The number of ether oxygens (including phenoxy) is 5. The third-order valence-corrected chi connectivity index (χ3v) is 23.1. The van der Waals surface area contributed by atoms with Crippen molar-refractivity contribution in [2.24, 2.45) is 52.3 Å². The number of allylic oxidation sites excluding steroid dienone is 4. The largest absolute Gasteiger partial charge is 0.378 e. The molecule has 10 aliphatic rings. The molecule has 5 nitrogen and oxygen atoms in total. The Morgan fingerprint density at radius 2 is 0.673 bits per heavy atom. The van der Waals surface area contributed by atoms with Crippen molar-refractivity contribution in [2.75, 3.05) is 33.0 Å². The van der Waals surface area contributed by atoms with Gasteiger partial charge >= 0.3 is 0 Å². The van der Waals surface area contributed by atoms with Crippen molar-refractivity contribution >= 4 is 0 Å². The molecule has 7 atom stereocenters. The van der Waals surface area contributed by atoms with Gasteiger partial charge in [-0.3, -0.25) is 0 Å². The highest BCUT2D eigenvalue weighted by Crippen LogP contribution is 2.56. The van der Waals surface area contributed by atoms with Crippen molar-refractivity contribution in [3.63, 3.8) is 0 Å². The Labute approximate surface area is 687 Å². The fraction of sp³-hybridized carbons (Fsp3) is 0.644.